The molecule has 0 saturated heterocycles. The molecule has 0 heterocycles. The lowest BCUT2D eigenvalue weighted by molar-refractivity contribution is -0.126. The average molecular weight is 291 g/mol. The summed E-state index contributed by atoms with van der Waals surface area (Å²) < 4.78 is 12.8. The third kappa shape index (κ3) is 4.83. The van der Waals surface area contributed by atoms with Crippen LogP contribution in [0.15, 0.2) is 24.3 Å². The Labute approximate surface area is 127 Å². The third-order valence-corrected chi connectivity index (χ3v) is 4.71. The summed E-state index contributed by atoms with van der Waals surface area (Å²) in [6.07, 6.45) is 5.14. The first-order valence-electron chi connectivity index (χ1n) is 8.08. The van der Waals surface area contributed by atoms with Gasteiger partial charge in [-0.3, -0.25) is 4.79 Å². The third-order valence-electron chi connectivity index (χ3n) is 4.71. The minimum Gasteiger partial charge on any atom is -0.356 e. The molecule has 1 amide bonds. The lowest BCUT2D eigenvalue weighted by Gasteiger charge is -2.30. The van der Waals surface area contributed by atoms with Gasteiger partial charge in [-0.05, 0) is 61.6 Å². The molecule has 0 unspecified atom stereocenters. The molecule has 1 fully saturated rings. The van der Waals surface area contributed by atoms with E-state index < -0.39 is 0 Å². The summed E-state index contributed by atoms with van der Waals surface area (Å²) in [5, 5.41) is 3.03. The fourth-order valence-electron chi connectivity index (χ4n) is 3.17. The van der Waals surface area contributed by atoms with Gasteiger partial charge >= 0.3 is 0 Å². The Hall–Kier alpha value is -1.38. The van der Waals surface area contributed by atoms with Crippen molar-refractivity contribution >= 4 is 5.91 Å². The van der Waals surface area contributed by atoms with E-state index in [1.807, 2.05) is 0 Å². The predicted molar refractivity (Wildman–Crippen MR) is 83.4 cm³/mol. The van der Waals surface area contributed by atoms with Gasteiger partial charge in [-0.25, -0.2) is 4.39 Å². The fourth-order valence-corrected chi connectivity index (χ4v) is 3.17. The van der Waals surface area contributed by atoms with E-state index in [1.165, 1.54) is 25.0 Å². The Morgan fingerprint density at radius 3 is 2.38 bits per heavy atom. The number of carbonyl (C=O) groups excluding carboxylic acids is 1. The van der Waals surface area contributed by atoms with Crippen molar-refractivity contribution in [2.24, 2.45) is 17.8 Å². The minimum atomic E-state index is -0.218. The average Bonchev–Trinajstić information content (AvgIpc) is 2.49. The van der Waals surface area contributed by atoms with Crippen LogP contribution in [-0.2, 0) is 11.2 Å². The second kappa shape index (κ2) is 7.58. The SMILES string of the molecule is CC(C)C1CCC(C(=O)NCCc2ccc(F)cc2)CC1. The van der Waals surface area contributed by atoms with Gasteiger partial charge in [-0.2, -0.15) is 0 Å². The first-order chi connectivity index (χ1) is 10.1. The maximum absolute atomic E-state index is 12.8. The van der Waals surface area contributed by atoms with Gasteiger partial charge in [0, 0.05) is 12.5 Å². The van der Waals surface area contributed by atoms with Gasteiger partial charge in [-0.1, -0.05) is 26.0 Å². The smallest absolute Gasteiger partial charge is 0.223 e. The van der Waals surface area contributed by atoms with Crippen molar-refractivity contribution in [3.63, 3.8) is 0 Å². The van der Waals surface area contributed by atoms with E-state index >= 15 is 0 Å². The summed E-state index contributed by atoms with van der Waals surface area (Å²) in [4.78, 5) is 12.1. The van der Waals surface area contributed by atoms with E-state index in [0.717, 1.165) is 36.7 Å². The number of rotatable bonds is 5. The zero-order valence-corrected chi connectivity index (χ0v) is 13.1. The molecule has 0 bridgehead atoms. The monoisotopic (exact) mass is 291 g/mol. The molecule has 0 aliphatic heterocycles. The summed E-state index contributed by atoms with van der Waals surface area (Å²) in [5.74, 6) is 1.68. The van der Waals surface area contributed by atoms with Gasteiger partial charge < -0.3 is 5.32 Å². The van der Waals surface area contributed by atoms with Crippen LogP contribution in [0.3, 0.4) is 0 Å². The van der Waals surface area contributed by atoms with Gasteiger partial charge in [0.15, 0.2) is 0 Å². The van der Waals surface area contributed by atoms with E-state index in [1.54, 1.807) is 12.1 Å². The van der Waals surface area contributed by atoms with E-state index in [2.05, 4.69) is 19.2 Å². The normalized spacial score (nSPS) is 22.3. The van der Waals surface area contributed by atoms with Crippen LogP contribution in [0.4, 0.5) is 4.39 Å². The van der Waals surface area contributed by atoms with Crippen LogP contribution < -0.4 is 5.32 Å². The molecule has 1 aromatic carbocycles. The Balaban J connectivity index is 1.69. The van der Waals surface area contributed by atoms with Crippen molar-refractivity contribution < 1.29 is 9.18 Å². The number of hydrogen-bond donors (Lipinski definition) is 1. The highest BCUT2D eigenvalue weighted by Crippen LogP contribution is 2.33. The molecule has 1 saturated carbocycles. The van der Waals surface area contributed by atoms with E-state index in [4.69, 9.17) is 0 Å². The molecular formula is C18H26FNO. The number of amides is 1. The molecule has 0 aromatic heterocycles. The zero-order valence-electron chi connectivity index (χ0n) is 13.1. The standard InChI is InChI=1S/C18H26FNO/c1-13(2)15-5-7-16(8-6-15)18(21)20-12-11-14-3-9-17(19)10-4-14/h3-4,9-10,13,15-16H,5-8,11-12H2,1-2H3,(H,20,21). The van der Waals surface area contributed by atoms with Crippen molar-refractivity contribution in [3.8, 4) is 0 Å². The van der Waals surface area contributed by atoms with Crippen LogP contribution in [0, 0.1) is 23.6 Å². The molecule has 0 atom stereocenters. The second-order valence-corrected chi connectivity index (χ2v) is 6.52. The van der Waals surface area contributed by atoms with Crippen molar-refractivity contribution in [1.82, 2.24) is 5.32 Å². The first-order valence-corrected chi connectivity index (χ1v) is 8.08. The number of benzene rings is 1. The summed E-state index contributed by atoms with van der Waals surface area (Å²) in [5.41, 5.74) is 1.06. The molecule has 116 valence electrons. The Morgan fingerprint density at radius 1 is 1.19 bits per heavy atom. The van der Waals surface area contributed by atoms with E-state index in [-0.39, 0.29) is 17.6 Å². The van der Waals surface area contributed by atoms with E-state index in [0.29, 0.717) is 6.54 Å². The first kappa shape index (κ1) is 16.0. The Morgan fingerprint density at radius 2 is 1.81 bits per heavy atom. The Bertz CT molecular complexity index is 447. The van der Waals surface area contributed by atoms with Crippen LogP contribution in [0.25, 0.3) is 0 Å². The molecule has 2 nitrogen and oxygen atoms in total. The molecule has 3 heteroatoms. The lowest BCUT2D eigenvalue weighted by Crippen LogP contribution is -2.35. The van der Waals surface area contributed by atoms with Gasteiger partial charge in [-0.15, -0.1) is 0 Å². The van der Waals surface area contributed by atoms with Gasteiger partial charge in [0.05, 0.1) is 0 Å². The van der Waals surface area contributed by atoms with Crippen LogP contribution in [0.5, 0.6) is 0 Å². The summed E-state index contributed by atoms with van der Waals surface area (Å²) in [7, 11) is 0. The molecule has 0 radical (unpaired) electrons. The van der Waals surface area contributed by atoms with Crippen LogP contribution >= 0.6 is 0 Å². The maximum Gasteiger partial charge on any atom is 0.223 e. The minimum absolute atomic E-state index is 0.188. The molecule has 1 aliphatic carbocycles. The Kier molecular flexibility index (Phi) is 5.77. The number of hydrogen-bond acceptors (Lipinski definition) is 1. The molecule has 0 spiro atoms. The van der Waals surface area contributed by atoms with Crippen LogP contribution in [0.2, 0.25) is 0 Å². The highest BCUT2D eigenvalue weighted by molar-refractivity contribution is 5.78. The summed E-state index contributed by atoms with van der Waals surface area (Å²) in [6, 6.07) is 6.47. The van der Waals surface area contributed by atoms with Crippen LogP contribution in [0.1, 0.15) is 45.1 Å². The fraction of sp³-hybridized carbons (Fsp3) is 0.611. The number of halogens is 1. The highest BCUT2D eigenvalue weighted by atomic mass is 19.1. The number of nitrogens with one attached hydrogen (secondary N) is 1. The number of carbonyl (C=O) groups is 1. The zero-order chi connectivity index (χ0) is 15.2. The summed E-state index contributed by atoms with van der Waals surface area (Å²) >= 11 is 0. The van der Waals surface area contributed by atoms with Crippen molar-refractivity contribution in [2.75, 3.05) is 6.54 Å². The van der Waals surface area contributed by atoms with Crippen molar-refractivity contribution in [3.05, 3.63) is 35.6 Å². The molecule has 1 aromatic rings. The quantitative estimate of drug-likeness (QED) is 0.874. The lowest BCUT2D eigenvalue weighted by atomic mass is 9.77. The maximum atomic E-state index is 12.8. The second-order valence-electron chi connectivity index (χ2n) is 6.52. The molecule has 1 aliphatic rings. The van der Waals surface area contributed by atoms with Crippen molar-refractivity contribution in [1.29, 1.82) is 0 Å². The molecule has 1 N–H and O–H groups in total. The van der Waals surface area contributed by atoms with Crippen molar-refractivity contribution in [2.45, 2.75) is 46.0 Å². The largest absolute Gasteiger partial charge is 0.356 e. The van der Waals surface area contributed by atoms with E-state index in [9.17, 15) is 9.18 Å². The topological polar surface area (TPSA) is 29.1 Å². The van der Waals surface area contributed by atoms with Gasteiger partial charge in [0.1, 0.15) is 5.82 Å². The van der Waals surface area contributed by atoms with Gasteiger partial charge in [0.2, 0.25) is 5.91 Å². The molecular weight excluding hydrogens is 265 g/mol. The van der Waals surface area contributed by atoms with Gasteiger partial charge in [0.25, 0.3) is 0 Å². The predicted octanol–water partition coefficient (Wildman–Crippen LogP) is 3.95. The van der Waals surface area contributed by atoms with Crippen LogP contribution in [-0.4, -0.2) is 12.5 Å². The molecule has 2 rings (SSSR count). The molecule has 21 heavy (non-hydrogen) atoms. The summed E-state index contributed by atoms with van der Waals surface area (Å²) in [6.45, 7) is 5.18. The highest BCUT2D eigenvalue weighted by Gasteiger charge is 2.27.